The molecular weight excluding hydrogens is 135 g/mol. The summed E-state index contributed by atoms with van der Waals surface area (Å²) in [5.74, 6) is 0. The first-order valence-corrected chi connectivity index (χ1v) is 2.94. The maximum atomic E-state index is 5.55. The Bertz CT molecular complexity index is 60.0. The Labute approximate surface area is 52.2 Å². The second-order valence-corrected chi connectivity index (χ2v) is 2.37. The number of hydrogen-bond donors (Lipinski definition) is 2. The zero-order valence-corrected chi connectivity index (χ0v) is 5.13. The lowest BCUT2D eigenvalue weighted by Gasteiger charge is -1.96. The van der Waals surface area contributed by atoms with Crippen LogP contribution in [-0.4, -0.2) is 17.7 Å². The third-order valence-corrected chi connectivity index (χ3v) is 1.36. The second kappa shape index (κ2) is 2.18. The largest absolute Gasteiger partial charge is 0.286 e. The molecule has 7 heavy (non-hydrogen) atoms. The molecule has 1 saturated heterocycles. The van der Waals surface area contributed by atoms with E-state index in [9.17, 15) is 0 Å². The highest BCUT2D eigenvalue weighted by atomic mass is 35.5. The molecule has 2 nitrogen and oxygen atoms in total. The molecule has 1 aliphatic heterocycles. The minimum Gasteiger partial charge on any atom is -0.286 e. The van der Waals surface area contributed by atoms with Gasteiger partial charge >= 0.3 is 0 Å². The van der Waals surface area contributed by atoms with Crippen LogP contribution in [0.3, 0.4) is 0 Å². The van der Waals surface area contributed by atoms with Crippen LogP contribution in [0, 0.1) is 0 Å². The van der Waals surface area contributed by atoms with Crippen LogP contribution < -0.4 is 10.6 Å². The molecule has 1 rings (SSSR count). The number of rotatable bonds is 0. The van der Waals surface area contributed by atoms with Gasteiger partial charge in [-0.3, -0.25) is 10.6 Å². The molecule has 0 aromatic carbocycles. The minimum atomic E-state index is -0.137. The van der Waals surface area contributed by atoms with Crippen LogP contribution in [0.15, 0.2) is 0 Å². The van der Waals surface area contributed by atoms with Crippen LogP contribution >= 0.6 is 23.2 Å². The van der Waals surface area contributed by atoms with Gasteiger partial charge in [-0.05, 0) is 0 Å². The van der Waals surface area contributed by atoms with Crippen molar-refractivity contribution in [1.82, 2.24) is 10.6 Å². The van der Waals surface area contributed by atoms with E-state index in [0.717, 1.165) is 6.54 Å². The zero-order valence-electron chi connectivity index (χ0n) is 3.62. The predicted octanol–water partition coefficient (Wildman–Crippen LogP) is 0.267. The van der Waals surface area contributed by atoms with E-state index in [1.165, 1.54) is 0 Å². The fraction of sp³-hybridized carbons (Fsp3) is 1.00. The van der Waals surface area contributed by atoms with Gasteiger partial charge in [-0.2, -0.15) is 0 Å². The Morgan fingerprint density at radius 2 is 2.14 bits per heavy atom. The molecule has 1 fully saturated rings. The molecule has 42 valence electrons. The van der Waals surface area contributed by atoms with Crippen LogP contribution in [0.1, 0.15) is 0 Å². The molecule has 0 bridgehead atoms. The van der Waals surface area contributed by atoms with Gasteiger partial charge in [-0.1, -0.05) is 11.6 Å². The van der Waals surface area contributed by atoms with Gasteiger partial charge in [0.25, 0.3) is 0 Å². The highest BCUT2D eigenvalue weighted by Gasteiger charge is 2.16. The summed E-state index contributed by atoms with van der Waals surface area (Å²) in [5.41, 5.74) is -0.134. The van der Waals surface area contributed by atoms with E-state index >= 15 is 0 Å². The molecule has 2 atom stereocenters. The van der Waals surface area contributed by atoms with Gasteiger partial charge in [0.15, 0.2) is 0 Å². The van der Waals surface area contributed by atoms with Crippen LogP contribution in [-0.2, 0) is 0 Å². The van der Waals surface area contributed by atoms with Gasteiger partial charge in [-0.25, -0.2) is 0 Å². The summed E-state index contributed by atoms with van der Waals surface area (Å²) in [6, 6.07) is 0. The lowest BCUT2D eigenvalue weighted by Crippen LogP contribution is -2.25. The van der Waals surface area contributed by atoms with E-state index < -0.39 is 0 Å². The maximum Gasteiger partial charge on any atom is 0.136 e. The highest BCUT2D eigenvalue weighted by molar-refractivity contribution is 6.23. The third-order valence-electron chi connectivity index (χ3n) is 0.803. The number of alkyl halides is 2. The standard InChI is InChI=1S/C3H6Cl2N2/c4-2-1-6-3(5)7-2/h2-3,6-7H,1H2. The molecule has 1 heterocycles. The van der Waals surface area contributed by atoms with Gasteiger partial charge in [0.1, 0.15) is 5.62 Å². The van der Waals surface area contributed by atoms with Gasteiger partial charge in [0.2, 0.25) is 0 Å². The summed E-state index contributed by atoms with van der Waals surface area (Å²) in [6.07, 6.45) is 0. The first-order chi connectivity index (χ1) is 3.29. The molecule has 0 radical (unpaired) electrons. The number of halogens is 2. The summed E-state index contributed by atoms with van der Waals surface area (Å²) < 4.78 is 0. The molecule has 0 aromatic heterocycles. The van der Waals surface area contributed by atoms with Crippen molar-refractivity contribution in [3.8, 4) is 0 Å². The van der Waals surface area contributed by atoms with Crippen LogP contribution in [0.5, 0.6) is 0 Å². The van der Waals surface area contributed by atoms with Crippen molar-refractivity contribution in [2.75, 3.05) is 6.54 Å². The van der Waals surface area contributed by atoms with Crippen LogP contribution in [0.4, 0.5) is 0 Å². The van der Waals surface area contributed by atoms with Crippen molar-refractivity contribution in [3.63, 3.8) is 0 Å². The molecular formula is C3H6Cl2N2. The normalized spacial score (nSPS) is 42.0. The number of nitrogens with one attached hydrogen (secondary N) is 2. The van der Waals surface area contributed by atoms with Gasteiger partial charge in [-0.15, -0.1) is 11.6 Å². The zero-order chi connectivity index (χ0) is 5.28. The fourth-order valence-corrected chi connectivity index (χ4v) is 1.00. The highest BCUT2D eigenvalue weighted by Crippen LogP contribution is 2.00. The van der Waals surface area contributed by atoms with Crippen molar-refractivity contribution in [1.29, 1.82) is 0 Å². The van der Waals surface area contributed by atoms with E-state index in [-0.39, 0.29) is 11.1 Å². The first-order valence-electron chi connectivity index (χ1n) is 2.06. The Kier molecular flexibility index (Phi) is 1.75. The van der Waals surface area contributed by atoms with Crippen molar-refractivity contribution in [2.24, 2.45) is 0 Å². The minimum absolute atomic E-state index is 0.00231. The molecule has 2 unspecified atom stereocenters. The van der Waals surface area contributed by atoms with Crippen LogP contribution in [0.2, 0.25) is 0 Å². The summed E-state index contributed by atoms with van der Waals surface area (Å²) >= 11 is 11.0. The molecule has 2 N–H and O–H groups in total. The molecule has 1 aliphatic rings. The van der Waals surface area contributed by atoms with Crippen molar-refractivity contribution in [3.05, 3.63) is 0 Å². The molecule has 0 aromatic rings. The van der Waals surface area contributed by atoms with E-state index in [2.05, 4.69) is 10.6 Å². The summed E-state index contributed by atoms with van der Waals surface area (Å²) in [7, 11) is 0. The predicted molar refractivity (Wildman–Crippen MR) is 30.4 cm³/mol. The maximum absolute atomic E-state index is 5.55. The van der Waals surface area contributed by atoms with Gasteiger partial charge in [0, 0.05) is 6.54 Å². The lowest BCUT2D eigenvalue weighted by atomic mass is 10.7. The monoisotopic (exact) mass is 140 g/mol. The first kappa shape index (κ1) is 5.63. The van der Waals surface area contributed by atoms with Crippen molar-refractivity contribution in [2.45, 2.75) is 11.1 Å². The summed E-state index contributed by atoms with van der Waals surface area (Å²) in [4.78, 5) is 0. The Morgan fingerprint density at radius 3 is 2.29 bits per heavy atom. The average Bonchev–Trinajstić information content (AvgIpc) is 1.87. The Balaban J connectivity index is 2.26. The molecule has 0 spiro atoms. The Hall–Kier alpha value is 0.500. The topological polar surface area (TPSA) is 24.1 Å². The number of hydrogen-bond acceptors (Lipinski definition) is 2. The average molecular weight is 141 g/mol. The van der Waals surface area contributed by atoms with Gasteiger partial charge in [0.05, 0.1) is 5.50 Å². The summed E-state index contributed by atoms with van der Waals surface area (Å²) in [6.45, 7) is 0.746. The third kappa shape index (κ3) is 1.46. The molecule has 0 aliphatic carbocycles. The van der Waals surface area contributed by atoms with E-state index in [1.54, 1.807) is 0 Å². The summed E-state index contributed by atoms with van der Waals surface area (Å²) in [5, 5.41) is 5.73. The Morgan fingerprint density at radius 1 is 1.43 bits per heavy atom. The van der Waals surface area contributed by atoms with E-state index in [1.807, 2.05) is 0 Å². The fourth-order valence-electron chi connectivity index (χ4n) is 0.484. The lowest BCUT2D eigenvalue weighted by molar-refractivity contribution is 0.723. The SMILES string of the molecule is ClC1CNC(Cl)N1. The van der Waals surface area contributed by atoms with Gasteiger partial charge < -0.3 is 0 Å². The smallest absolute Gasteiger partial charge is 0.136 e. The van der Waals surface area contributed by atoms with Crippen LogP contribution in [0.25, 0.3) is 0 Å². The second-order valence-electron chi connectivity index (χ2n) is 1.41. The quantitative estimate of drug-likeness (QED) is 0.373. The van der Waals surface area contributed by atoms with Crippen molar-refractivity contribution >= 4 is 23.2 Å². The molecule has 0 saturated carbocycles. The van der Waals surface area contributed by atoms with E-state index in [4.69, 9.17) is 23.2 Å². The molecule has 4 heteroatoms. The molecule has 0 amide bonds. The van der Waals surface area contributed by atoms with Crippen molar-refractivity contribution < 1.29 is 0 Å². The van der Waals surface area contributed by atoms with E-state index in [0.29, 0.717) is 0 Å².